The van der Waals surface area contributed by atoms with E-state index >= 15 is 0 Å². The van der Waals surface area contributed by atoms with Crippen LogP contribution in [0.5, 0.6) is 0 Å². The molecule has 1 aromatic rings. The summed E-state index contributed by atoms with van der Waals surface area (Å²) in [5.74, 6) is 0.667. The van der Waals surface area contributed by atoms with Crippen molar-refractivity contribution in [2.75, 3.05) is 31.7 Å². The molecule has 7 nitrogen and oxygen atoms in total. The summed E-state index contributed by atoms with van der Waals surface area (Å²) in [6, 6.07) is 3.63. The van der Waals surface area contributed by atoms with Crippen molar-refractivity contribution in [2.45, 2.75) is 0 Å². The van der Waals surface area contributed by atoms with Gasteiger partial charge in [-0.05, 0) is 6.07 Å². The zero-order valence-electron chi connectivity index (χ0n) is 11.4. The summed E-state index contributed by atoms with van der Waals surface area (Å²) in [6.07, 6.45) is 0. The number of carbonyl (C=O) groups is 2. The van der Waals surface area contributed by atoms with Crippen molar-refractivity contribution in [3.63, 3.8) is 0 Å². The Bertz CT molecular complexity index is 584. The highest BCUT2D eigenvalue weighted by molar-refractivity contribution is 7.99. The number of benzene rings is 1. The van der Waals surface area contributed by atoms with Crippen LogP contribution < -0.4 is 0 Å². The first-order valence-corrected chi connectivity index (χ1v) is 7.43. The van der Waals surface area contributed by atoms with Gasteiger partial charge in [-0.3, -0.25) is 14.9 Å². The minimum atomic E-state index is -0.707. The number of nitro groups is 1. The van der Waals surface area contributed by atoms with E-state index in [1.165, 1.54) is 19.2 Å². The quantitative estimate of drug-likeness (QED) is 0.478. The number of methoxy groups -OCH3 is 1. The summed E-state index contributed by atoms with van der Waals surface area (Å²) < 4.78 is 4.56. The monoisotopic (exact) mass is 310 g/mol. The van der Waals surface area contributed by atoms with Gasteiger partial charge in [-0.2, -0.15) is 11.8 Å². The number of carbonyl (C=O) groups excluding carboxylic acids is 2. The third kappa shape index (κ3) is 3.52. The Balaban J connectivity index is 2.37. The van der Waals surface area contributed by atoms with Gasteiger partial charge >= 0.3 is 5.97 Å². The third-order valence-corrected chi connectivity index (χ3v) is 4.04. The molecule has 21 heavy (non-hydrogen) atoms. The maximum Gasteiger partial charge on any atom is 0.338 e. The zero-order chi connectivity index (χ0) is 15.4. The van der Waals surface area contributed by atoms with E-state index in [4.69, 9.17) is 0 Å². The number of non-ortho nitro benzene ring substituents is 1. The number of nitro benzene ring substituents is 1. The van der Waals surface area contributed by atoms with Crippen molar-refractivity contribution < 1.29 is 19.2 Å². The molecule has 0 aromatic heterocycles. The highest BCUT2D eigenvalue weighted by Crippen LogP contribution is 2.20. The van der Waals surface area contributed by atoms with Gasteiger partial charge < -0.3 is 9.64 Å². The molecule has 1 amide bonds. The number of hydrogen-bond acceptors (Lipinski definition) is 6. The van der Waals surface area contributed by atoms with Crippen LogP contribution in [-0.2, 0) is 4.74 Å². The van der Waals surface area contributed by atoms with Crippen LogP contribution in [0.4, 0.5) is 5.69 Å². The van der Waals surface area contributed by atoms with Crippen LogP contribution in [0.15, 0.2) is 18.2 Å². The first-order valence-electron chi connectivity index (χ1n) is 6.27. The summed E-state index contributed by atoms with van der Waals surface area (Å²) in [4.78, 5) is 35.9. The molecule has 0 bridgehead atoms. The van der Waals surface area contributed by atoms with Crippen molar-refractivity contribution in [3.05, 3.63) is 39.4 Å². The van der Waals surface area contributed by atoms with Crippen LogP contribution in [0.25, 0.3) is 0 Å². The van der Waals surface area contributed by atoms with Crippen molar-refractivity contribution in [2.24, 2.45) is 0 Å². The molecule has 0 unspecified atom stereocenters. The molecular formula is C13H14N2O5S. The van der Waals surface area contributed by atoms with E-state index in [1.54, 1.807) is 16.7 Å². The average Bonchev–Trinajstić information content (AvgIpc) is 2.53. The molecule has 2 rings (SSSR count). The Morgan fingerprint density at radius 1 is 1.24 bits per heavy atom. The largest absolute Gasteiger partial charge is 0.465 e. The Kier molecular flexibility index (Phi) is 4.79. The number of esters is 1. The summed E-state index contributed by atoms with van der Waals surface area (Å²) in [7, 11) is 1.19. The lowest BCUT2D eigenvalue weighted by Crippen LogP contribution is -2.38. The summed E-state index contributed by atoms with van der Waals surface area (Å²) in [6.45, 7) is 1.19. The minimum absolute atomic E-state index is 0.00133. The maximum atomic E-state index is 12.4. The van der Waals surface area contributed by atoms with Crippen molar-refractivity contribution in [3.8, 4) is 0 Å². The van der Waals surface area contributed by atoms with E-state index in [0.717, 1.165) is 17.6 Å². The number of thioether (sulfide) groups is 1. The van der Waals surface area contributed by atoms with Crippen LogP contribution >= 0.6 is 11.8 Å². The van der Waals surface area contributed by atoms with E-state index in [9.17, 15) is 19.7 Å². The number of ether oxygens (including phenoxy) is 1. The summed E-state index contributed by atoms with van der Waals surface area (Å²) in [5.41, 5.74) is -0.162. The fourth-order valence-electron chi connectivity index (χ4n) is 2.02. The van der Waals surface area contributed by atoms with E-state index < -0.39 is 10.9 Å². The molecule has 1 aromatic carbocycles. The van der Waals surface area contributed by atoms with Crippen LogP contribution in [0.2, 0.25) is 0 Å². The lowest BCUT2D eigenvalue weighted by Gasteiger charge is -2.26. The summed E-state index contributed by atoms with van der Waals surface area (Å²) in [5, 5.41) is 10.9. The lowest BCUT2D eigenvalue weighted by atomic mass is 10.1. The Labute approximate surface area is 125 Å². The highest BCUT2D eigenvalue weighted by Gasteiger charge is 2.23. The first kappa shape index (κ1) is 15.3. The van der Waals surface area contributed by atoms with Gasteiger partial charge in [-0.25, -0.2) is 4.79 Å². The molecule has 1 fully saturated rings. The van der Waals surface area contributed by atoms with Gasteiger partial charge in [0.2, 0.25) is 0 Å². The highest BCUT2D eigenvalue weighted by atomic mass is 32.2. The predicted octanol–water partition coefficient (Wildman–Crippen LogP) is 1.57. The fraction of sp³-hybridized carbons (Fsp3) is 0.385. The Morgan fingerprint density at radius 2 is 1.86 bits per heavy atom. The number of hydrogen-bond donors (Lipinski definition) is 0. The van der Waals surface area contributed by atoms with Gasteiger partial charge in [0, 0.05) is 42.3 Å². The fourth-order valence-corrected chi connectivity index (χ4v) is 2.93. The molecule has 0 atom stereocenters. The molecule has 0 spiro atoms. The van der Waals surface area contributed by atoms with E-state index in [1.807, 2.05) is 0 Å². The second kappa shape index (κ2) is 6.57. The van der Waals surface area contributed by atoms with Crippen molar-refractivity contribution >= 4 is 29.3 Å². The molecule has 1 aliphatic heterocycles. The van der Waals surface area contributed by atoms with Gasteiger partial charge in [0.25, 0.3) is 11.6 Å². The normalized spacial score (nSPS) is 14.6. The SMILES string of the molecule is COC(=O)c1cc(C(=O)N2CCSCC2)cc([N+](=O)[O-])c1. The van der Waals surface area contributed by atoms with Crippen LogP contribution in [0.1, 0.15) is 20.7 Å². The number of rotatable bonds is 3. The molecule has 0 N–H and O–H groups in total. The maximum absolute atomic E-state index is 12.4. The number of amides is 1. The molecule has 1 aliphatic rings. The molecule has 1 saturated heterocycles. The van der Waals surface area contributed by atoms with Crippen LogP contribution in [0.3, 0.4) is 0 Å². The van der Waals surface area contributed by atoms with Crippen LogP contribution in [-0.4, -0.2) is 53.4 Å². The lowest BCUT2D eigenvalue weighted by molar-refractivity contribution is -0.384. The molecule has 0 saturated carbocycles. The first-order chi connectivity index (χ1) is 10.0. The van der Waals surface area contributed by atoms with Crippen molar-refractivity contribution in [1.82, 2.24) is 4.90 Å². The van der Waals surface area contributed by atoms with Gasteiger partial charge in [0.15, 0.2) is 0 Å². The summed E-state index contributed by atoms with van der Waals surface area (Å²) >= 11 is 1.75. The minimum Gasteiger partial charge on any atom is -0.465 e. The van der Waals surface area contributed by atoms with Crippen molar-refractivity contribution in [1.29, 1.82) is 0 Å². The van der Waals surface area contributed by atoms with Gasteiger partial charge in [-0.15, -0.1) is 0 Å². The topological polar surface area (TPSA) is 89.8 Å². The average molecular weight is 310 g/mol. The molecule has 8 heteroatoms. The smallest absolute Gasteiger partial charge is 0.338 e. The third-order valence-electron chi connectivity index (χ3n) is 3.09. The Morgan fingerprint density at radius 3 is 2.43 bits per heavy atom. The van der Waals surface area contributed by atoms with E-state index in [-0.39, 0.29) is 22.7 Å². The second-order valence-corrected chi connectivity index (χ2v) is 5.65. The van der Waals surface area contributed by atoms with E-state index in [0.29, 0.717) is 13.1 Å². The van der Waals surface area contributed by atoms with E-state index in [2.05, 4.69) is 4.74 Å². The predicted molar refractivity (Wildman–Crippen MR) is 77.7 cm³/mol. The molecular weight excluding hydrogens is 296 g/mol. The van der Waals surface area contributed by atoms with Gasteiger partial charge in [0.1, 0.15) is 0 Å². The molecule has 0 radical (unpaired) electrons. The molecule has 112 valence electrons. The number of nitrogens with zero attached hydrogens (tertiary/aromatic N) is 2. The van der Waals surface area contributed by atoms with Gasteiger partial charge in [-0.1, -0.05) is 0 Å². The molecule has 1 heterocycles. The second-order valence-electron chi connectivity index (χ2n) is 4.42. The zero-order valence-corrected chi connectivity index (χ0v) is 12.2. The Hall–Kier alpha value is -2.09. The standard InChI is InChI=1S/C13H14N2O5S/c1-20-13(17)10-6-9(7-11(8-10)15(18)19)12(16)14-2-4-21-5-3-14/h6-8H,2-5H2,1H3. The van der Waals surface area contributed by atoms with Gasteiger partial charge in [0.05, 0.1) is 17.6 Å². The van der Waals surface area contributed by atoms with Crippen LogP contribution in [0, 0.1) is 10.1 Å². The molecule has 0 aliphatic carbocycles.